The van der Waals surface area contributed by atoms with Gasteiger partial charge in [0.2, 0.25) is 6.33 Å². The first-order chi connectivity index (χ1) is 5.25. The Morgan fingerprint density at radius 2 is 2.55 bits per heavy atom. The van der Waals surface area contributed by atoms with Gasteiger partial charge in [-0.25, -0.2) is 0 Å². The van der Waals surface area contributed by atoms with Crippen LogP contribution in [0.15, 0.2) is 6.33 Å². The van der Waals surface area contributed by atoms with Gasteiger partial charge in [0.25, 0.3) is 0 Å². The topological polar surface area (TPSA) is 73.8 Å². The van der Waals surface area contributed by atoms with E-state index in [2.05, 4.69) is 10.1 Å². The highest BCUT2D eigenvalue weighted by Crippen LogP contribution is 2.04. The fourth-order valence-electron chi connectivity index (χ4n) is 0.769. The van der Waals surface area contributed by atoms with Gasteiger partial charge in [-0.15, -0.1) is 4.68 Å². The summed E-state index contributed by atoms with van der Waals surface area (Å²) in [5.41, 5.74) is 0. The van der Waals surface area contributed by atoms with E-state index in [1.54, 1.807) is 0 Å². The Morgan fingerprint density at radius 1 is 1.82 bits per heavy atom. The van der Waals surface area contributed by atoms with Gasteiger partial charge in [-0.1, -0.05) is 17.0 Å². The first-order valence-electron chi connectivity index (χ1n) is 3.28. The van der Waals surface area contributed by atoms with Gasteiger partial charge in [0.15, 0.2) is 0 Å². The number of aromatic nitrogens is 3. The van der Waals surface area contributed by atoms with Crippen molar-refractivity contribution >= 4 is 5.95 Å². The highest BCUT2D eigenvalue weighted by Gasteiger charge is 2.13. The van der Waals surface area contributed by atoms with Crippen molar-refractivity contribution in [3.05, 3.63) is 16.4 Å². The monoisotopic (exact) mass is 156 g/mol. The molecule has 0 N–H and O–H groups in total. The van der Waals surface area contributed by atoms with Crippen LogP contribution in [0.2, 0.25) is 0 Å². The van der Waals surface area contributed by atoms with Crippen LogP contribution in [-0.4, -0.2) is 19.7 Å². The van der Waals surface area contributed by atoms with Gasteiger partial charge in [-0.3, -0.25) is 0 Å². The van der Waals surface area contributed by atoms with Crippen LogP contribution in [0.5, 0.6) is 0 Å². The molecule has 0 aliphatic rings. The number of aryl methyl sites for hydroxylation is 1. The Balaban J connectivity index is 2.87. The SMILES string of the molecule is CCCn1ncnc1[N+](=O)[O-]. The minimum Gasteiger partial charge on any atom is -0.390 e. The Kier molecular flexibility index (Phi) is 2.15. The zero-order chi connectivity index (χ0) is 8.27. The van der Waals surface area contributed by atoms with E-state index in [0.717, 1.165) is 6.42 Å². The average molecular weight is 156 g/mol. The van der Waals surface area contributed by atoms with Crippen LogP contribution in [0.1, 0.15) is 13.3 Å². The van der Waals surface area contributed by atoms with Crippen LogP contribution in [0, 0.1) is 10.1 Å². The fraction of sp³-hybridized carbons (Fsp3) is 0.600. The van der Waals surface area contributed by atoms with Gasteiger partial charge in [0.05, 0.1) is 6.54 Å². The molecule has 6 nitrogen and oxygen atoms in total. The van der Waals surface area contributed by atoms with E-state index in [1.165, 1.54) is 11.0 Å². The summed E-state index contributed by atoms with van der Waals surface area (Å²) in [5, 5.41) is 13.9. The van der Waals surface area contributed by atoms with E-state index in [1.807, 2.05) is 6.92 Å². The third-order valence-electron chi connectivity index (χ3n) is 1.19. The van der Waals surface area contributed by atoms with Crippen molar-refractivity contribution in [3.63, 3.8) is 0 Å². The van der Waals surface area contributed by atoms with Gasteiger partial charge in [0.1, 0.15) is 0 Å². The smallest absolute Gasteiger partial charge is 0.390 e. The van der Waals surface area contributed by atoms with E-state index < -0.39 is 4.92 Å². The zero-order valence-corrected chi connectivity index (χ0v) is 6.10. The molecule has 0 amide bonds. The lowest BCUT2D eigenvalue weighted by Gasteiger charge is -1.94. The molecule has 11 heavy (non-hydrogen) atoms. The summed E-state index contributed by atoms with van der Waals surface area (Å²) in [4.78, 5) is 13.2. The van der Waals surface area contributed by atoms with Gasteiger partial charge >= 0.3 is 5.95 Å². The van der Waals surface area contributed by atoms with E-state index in [9.17, 15) is 10.1 Å². The summed E-state index contributed by atoms with van der Waals surface area (Å²) in [5.74, 6) is -0.188. The minimum absolute atomic E-state index is 0.188. The molecule has 0 spiro atoms. The number of nitro groups is 1. The molecule has 0 saturated carbocycles. The normalized spacial score (nSPS) is 9.91. The van der Waals surface area contributed by atoms with Gasteiger partial charge in [-0.2, -0.15) is 0 Å². The van der Waals surface area contributed by atoms with Crippen LogP contribution in [-0.2, 0) is 6.54 Å². The summed E-state index contributed by atoms with van der Waals surface area (Å²) < 4.78 is 1.28. The van der Waals surface area contributed by atoms with Crippen molar-refractivity contribution in [1.82, 2.24) is 14.8 Å². The number of nitrogens with zero attached hydrogens (tertiary/aromatic N) is 4. The Hall–Kier alpha value is -1.46. The Morgan fingerprint density at radius 3 is 3.09 bits per heavy atom. The number of rotatable bonds is 3. The second-order valence-electron chi connectivity index (χ2n) is 2.04. The van der Waals surface area contributed by atoms with Crippen molar-refractivity contribution in [2.45, 2.75) is 19.9 Å². The Bertz CT molecular complexity index is 257. The lowest BCUT2D eigenvalue weighted by atomic mass is 10.5. The molecule has 0 radical (unpaired) electrons. The number of hydrogen-bond acceptors (Lipinski definition) is 4. The van der Waals surface area contributed by atoms with Gasteiger partial charge < -0.3 is 10.1 Å². The minimum atomic E-state index is -0.539. The molecule has 0 aliphatic carbocycles. The van der Waals surface area contributed by atoms with Crippen molar-refractivity contribution in [1.29, 1.82) is 0 Å². The molecule has 0 saturated heterocycles. The standard InChI is InChI=1S/C5H8N4O2/c1-2-3-8-5(9(10)11)6-4-7-8/h4H,2-3H2,1H3. The molecule has 0 atom stereocenters. The number of hydrogen-bond donors (Lipinski definition) is 0. The lowest BCUT2D eigenvalue weighted by molar-refractivity contribution is -0.397. The molecule has 1 aromatic heterocycles. The average Bonchev–Trinajstić information content (AvgIpc) is 2.36. The molecule has 6 heteroatoms. The van der Waals surface area contributed by atoms with E-state index in [0.29, 0.717) is 6.54 Å². The maximum Gasteiger partial charge on any atom is 0.455 e. The van der Waals surface area contributed by atoms with Gasteiger partial charge in [-0.05, 0) is 11.3 Å². The van der Waals surface area contributed by atoms with Crippen molar-refractivity contribution in [3.8, 4) is 0 Å². The molecular formula is C5H8N4O2. The summed E-state index contributed by atoms with van der Waals surface area (Å²) in [6.45, 7) is 2.46. The molecule has 0 aliphatic heterocycles. The van der Waals surface area contributed by atoms with E-state index in [4.69, 9.17) is 0 Å². The predicted molar refractivity (Wildman–Crippen MR) is 37.0 cm³/mol. The summed E-state index contributed by atoms with van der Waals surface area (Å²) in [6.07, 6.45) is 2.00. The molecule has 0 bridgehead atoms. The highest BCUT2D eigenvalue weighted by molar-refractivity contribution is 4.99. The Labute approximate surface area is 63.0 Å². The third-order valence-corrected chi connectivity index (χ3v) is 1.19. The summed E-state index contributed by atoms with van der Waals surface area (Å²) >= 11 is 0. The van der Waals surface area contributed by atoms with Gasteiger partial charge in [0, 0.05) is 0 Å². The molecule has 0 fully saturated rings. The summed E-state index contributed by atoms with van der Waals surface area (Å²) in [7, 11) is 0. The predicted octanol–water partition coefficient (Wildman–Crippen LogP) is 0.596. The summed E-state index contributed by atoms with van der Waals surface area (Å²) in [6, 6.07) is 0. The quantitative estimate of drug-likeness (QED) is 0.474. The lowest BCUT2D eigenvalue weighted by Crippen LogP contribution is -2.04. The zero-order valence-electron chi connectivity index (χ0n) is 6.10. The molecule has 1 rings (SSSR count). The van der Waals surface area contributed by atoms with Crippen LogP contribution < -0.4 is 0 Å². The molecule has 1 heterocycles. The molecular weight excluding hydrogens is 148 g/mol. The first-order valence-corrected chi connectivity index (χ1v) is 3.28. The maximum absolute atomic E-state index is 10.2. The second-order valence-corrected chi connectivity index (χ2v) is 2.04. The van der Waals surface area contributed by atoms with E-state index >= 15 is 0 Å². The van der Waals surface area contributed by atoms with Crippen molar-refractivity contribution < 1.29 is 4.92 Å². The third kappa shape index (κ3) is 1.51. The van der Waals surface area contributed by atoms with Crippen molar-refractivity contribution in [2.24, 2.45) is 0 Å². The molecule has 60 valence electrons. The molecule has 0 unspecified atom stereocenters. The van der Waals surface area contributed by atoms with Crippen molar-refractivity contribution in [2.75, 3.05) is 0 Å². The van der Waals surface area contributed by atoms with Crippen LogP contribution in [0.25, 0.3) is 0 Å². The second kappa shape index (κ2) is 3.09. The van der Waals surface area contributed by atoms with Crippen LogP contribution in [0.4, 0.5) is 5.95 Å². The molecule has 0 aromatic carbocycles. The highest BCUT2D eigenvalue weighted by atomic mass is 16.6. The fourth-order valence-corrected chi connectivity index (χ4v) is 0.769. The van der Waals surface area contributed by atoms with Crippen LogP contribution >= 0.6 is 0 Å². The first kappa shape index (κ1) is 7.64. The van der Waals surface area contributed by atoms with Crippen LogP contribution in [0.3, 0.4) is 0 Å². The molecule has 1 aromatic rings. The largest absolute Gasteiger partial charge is 0.455 e. The van der Waals surface area contributed by atoms with E-state index in [-0.39, 0.29) is 5.95 Å². The maximum atomic E-state index is 10.2.